The van der Waals surface area contributed by atoms with Crippen molar-refractivity contribution >= 4 is 29.3 Å². The van der Waals surface area contributed by atoms with Crippen LogP contribution in [0.3, 0.4) is 0 Å². The summed E-state index contributed by atoms with van der Waals surface area (Å²) in [5.74, 6) is 1.47. The van der Waals surface area contributed by atoms with Gasteiger partial charge in [-0.2, -0.15) is 4.98 Å². The molecular weight excluding hydrogens is 423 g/mol. The molecule has 174 valence electrons. The maximum absolute atomic E-state index is 13.5. The highest BCUT2D eigenvalue weighted by molar-refractivity contribution is 6.03. The summed E-state index contributed by atoms with van der Waals surface area (Å²) in [6.45, 7) is 7.06. The summed E-state index contributed by atoms with van der Waals surface area (Å²) in [6, 6.07) is 4.34. The van der Waals surface area contributed by atoms with Crippen molar-refractivity contribution in [3.63, 3.8) is 0 Å². The van der Waals surface area contributed by atoms with Gasteiger partial charge in [-0.3, -0.25) is 9.59 Å². The summed E-state index contributed by atoms with van der Waals surface area (Å²) < 4.78 is 13.5. The van der Waals surface area contributed by atoms with E-state index in [4.69, 9.17) is 4.98 Å². The molecule has 0 radical (unpaired) electrons. The zero-order valence-electron chi connectivity index (χ0n) is 19.4. The summed E-state index contributed by atoms with van der Waals surface area (Å²) in [5.41, 5.74) is 2.77. The Hall–Kier alpha value is -3.23. The summed E-state index contributed by atoms with van der Waals surface area (Å²) in [5, 5.41) is 6.39. The largest absolute Gasteiger partial charge is 0.351 e. The number of aromatic nitrogens is 2. The number of hydrogen-bond donors (Lipinski definition) is 2. The van der Waals surface area contributed by atoms with Crippen molar-refractivity contribution in [1.82, 2.24) is 14.9 Å². The molecule has 2 N–H and O–H groups in total. The lowest BCUT2D eigenvalue weighted by Gasteiger charge is -2.39. The van der Waals surface area contributed by atoms with Crippen LogP contribution in [0.2, 0.25) is 0 Å². The molecule has 1 saturated carbocycles. The Bertz CT molecular complexity index is 1130. The predicted molar refractivity (Wildman–Crippen MR) is 124 cm³/mol. The number of nitrogens with zero attached hydrogens (tertiary/aromatic N) is 4. The highest BCUT2D eigenvalue weighted by Gasteiger charge is 2.37. The number of benzene rings is 1. The zero-order chi connectivity index (χ0) is 23.4. The van der Waals surface area contributed by atoms with Gasteiger partial charge < -0.3 is 20.4 Å². The highest BCUT2D eigenvalue weighted by atomic mass is 19.1. The average Bonchev–Trinajstić information content (AvgIpc) is 3.01. The van der Waals surface area contributed by atoms with E-state index < -0.39 is 0 Å². The van der Waals surface area contributed by atoms with Gasteiger partial charge >= 0.3 is 0 Å². The number of rotatable bonds is 5. The van der Waals surface area contributed by atoms with Crippen LogP contribution in [0, 0.1) is 24.6 Å². The van der Waals surface area contributed by atoms with Crippen LogP contribution in [0.4, 0.5) is 21.8 Å². The summed E-state index contributed by atoms with van der Waals surface area (Å²) in [7, 11) is 1.90. The van der Waals surface area contributed by atoms with E-state index in [0.717, 1.165) is 29.9 Å². The van der Waals surface area contributed by atoms with E-state index in [1.54, 1.807) is 6.07 Å². The number of carbonyl (C=O) groups excluding carboxylic acids is 2. The van der Waals surface area contributed by atoms with Gasteiger partial charge in [0.2, 0.25) is 11.9 Å². The number of nitrogens with one attached hydrogen (secondary N) is 2. The van der Waals surface area contributed by atoms with Gasteiger partial charge in [-0.05, 0) is 55.4 Å². The van der Waals surface area contributed by atoms with Crippen molar-refractivity contribution < 1.29 is 14.0 Å². The number of likely N-dealkylation sites (N-methyl/N-ethyl adjacent to an activating group) is 1. The van der Waals surface area contributed by atoms with E-state index in [9.17, 15) is 14.0 Å². The van der Waals surface area contributed by atoms with Gasteiger partial charge in [0.15, 0.2) is 5.82 Å². The van der Waals surface area contributed by atoms with Gasteiger partial charge in [0.1, 0.15) is 17.5 Å². The topological polar surface area (TPSA) is 90.5 Å². The Balaban J connectivity index is 1.21. The predicted octanol–water partition coefficient (Wildman–Crippen LogP) is 3.18. The Morgan fingerprint density at radius 3 is 2.73 bits per heavy atom. The van der Waals surface area contributed by atoms with E-state index >= 15 is 0 Å². The Kier molecular flexibility index (Phi) is 5.22. The van der Waals surface area contributed by atoms with E-state index in [1.807, 2.05) is 37.6 Å². The van der Waals surface area contributed by atoms with Crippen LogP contribution in [0.5, 0.6) is 0 Å². The Morgan fingerprint density at radius 1 is 1.24 bits per heavy atom. The summed E-state index contributed by atoms with van der Waals surface area (Å²) in [4.78, 5) is 38.1. The van der Waals surface area contributed by atoms with Crippen molar-refractivity contribution in [1.29, 1.82) is 0 Å². The summed E-state index contributed by atoms with van der Waals surface area (Å²) in [6.07, 6.45) is 1.82. The van der Waals surface area contributed by atoms with Gasteiger partial charge in [-0.25, -0.2) is 9.37 Å². The van der Waals surface area contributed by atoms with Crippen LogP contribution < -0.4 is 15.5 Å². The number of fused-ring (bicyclic) bond motifs is 2. The second-order valence-corrected chi connectivity index (χ2v) is 9.79. The second kappa shape index (κ2) is 7.97. The third kappa shape index (κ3) is 3.79. The number of aryl methyl sites for hydroxylation is 1. The maximum atomic E-state index is 13.5. The number of halogens is 1. The lowest BCUT2D eigenvalue weighted by atomic mass is 9.80. The number of amides is 2. The normalized spacial score (nSPS) is 23.9. The average molecular weight is 453 g/mol. The molecule has 3 heterocycles. The number of anilines is 3. The minimum atomic E-state index is -0.304. The molecule has 1 atom stereocenters. The molecule has 1 aromatic carbocycles. The van der Waals surface area contributed by atoms with E-state index in [1.165, 1.54) is 12.1 Å². The molecule has 0 unspecified atom stereocenters. The molecule has 0 spiro atoms. The minimum absolute atomic E-state index is 0.0140. The third-order valence-corrected chi connectivity index (χ3v) is 6.96. The van der Waals surface area contributed by atoms with Crippen LogP contribution in [-0.2, 0) is 11.3 Å². The van der Waals surface area contributed by atoms with Gasteiger partial charge in [0.05, 0.1) is 5.69 Å². The molecule has 33 heavy (non-hydrogen) atoms. The van der Waals surface area contributed by atoms with Gasteiger partial charge in [0.25, 0.3) is 5.91 Å². The molecule has 0 bridgehead atoms. The fourth-order valence-electron chi connectivity index (χ4n) is 5.27. The van der Waals surface area contributed by atoms with Crippen molar-refractivity contribution in [2.24, 2.45) is 11.8 Å². The van der Waals surface area contributed by atoms with Crippen molar-refractivity contribution in [3.8, 4) is 0 Å². The molecule has 1 aromatic heterocycles. The number of carbonyl (C=O) groups is 2. The van der Waals surface area contributed by atoms with Crippen molar-refractivity contribution in [3.05, 3.63) is 40.8 Å². The monoisotopic (exact) mass is 452 g/mol. The van der Waals surface area contributed by atoms with E-state index in [2.05, 4.69) is 15.6 Å². The van der Waals surface area contributed by atoms with Crippen molar-refractivity contribution in [2.45, 2.75) is 52.2 Å². The molecule has 8 nitrogen and oxygen atoms in total. The standard InChI is InChI=1S/C24H29FN6O2/c1-12(2)20-22(32)28-19-13(3)26-24(29-21(19)30(20)4)27-17-7-14(8-17)10-31-11-15-9-16(25)5-6-18(15)23(31)33/h5-6,9,12,14,17,20H,7-8,10-11H2,1-4H3,(H,28,32)(H,26,27,29)/t14?,17?,20-/m0/s1. The van der Waals surface area contributed by atoms with E-state index in [-0.39, 0.29) is 35.6 Å². The first-order valence-corrected chi connectivity index (χ1v) is 11.5. The zero-order valence-corrected chi connectivity index (χ0v) is 19.4. The van der Waals surface area contributed by atoms with Crippen LogP contribution in [0.15, 0.2) is 18.2 Å². The molecule has 5 rings (SSSR count). The fourth-order valence-corrected chi connectivity index (χ4v) is 5.27. The molecule has 1 fully saturated rings. The molecule has 3 aliphatic rings. The molecule has 2 amide bonds. The van der Waals surface area contributed by atoms with Crippen molar-refractivity contribution in [2.75, 3.05) is 29.1 Å². The third-order valence-electron chi connectivity index (χ3n) is 6.96. The first kappa shape index (κ1) is 21.6. The highest BCUT2D eigenvalue weighted by Crippen LogP contribution is 2.36. The first-order valence-electron chi connectivity index (χ1n) is 11.5. The van der Waals surface area contributed by atoms with Crippen LogP contribution >= 0.6 is 0 Å². The second-order valence-electron chi connectivity index (χ2n) is 9.79. The lowest BCUT2D eigenvalue weighted by molar-refractivity contribution is -0.118. The summed E-state index contributed by atoms with van der Waals surface area (Å²) >= 11 is 0. The van der Waals surface area contributed by atoms with Gasteiger partial charge in [-0.1, -0.05) is 13.8 Å². The molecule has 1 aliphatic carbocycles. The first-order chi connectivity index (χ1) is 15.7. The van der Waals surface area contributed by atoms with Crippen LogP contribution in [0.1, 0.15) is 48.3 Å². The van der Waals surface area contributed by atoms with E-state index in [0.29, 0.717) is 36.2 Å². The smallest absolute Gasteiger partial charge is 0.254 e. The lowest BCUT2D eigenvalue weighted by Crippen LogP contribution is -2.50. The molecule has 9 heteroatoms. The molecule has 2 aliphatic heterocycles. The maximum Gasteiger partial charge on any atom is 0.254 e. The van der Waals surface area contributed by atoms with Crippen LogP contribution in [-0.4, -0.2) is 52.4 Å². The number of hydrogen-bond acceptors (Lipinski definition) is 6. The minimum Gasteiger partial charge on any atom is -0.351 e. The molecule has 2 aromatic rings. The SMILES string of the molecule is Cc1nc(NC2CC(CN3Cc4cc(F)ccc4C3=O)C2)nc2c1NC(=O)[C@H](C(C)C)N2C. The Labute approximate surface area is 192 Å². The Morgan fingerprint density at radius 2 is 2.00 bits per heavy atom. The van der Waals surface area contributed by atoms with Crippen LogP contribution in [0.25, 0.3) is 0 Å². The van der Waals surface area contributed by atoms with Gasteiger partial charge in [0, 0.05) is 31.7 Å². The quantitative estimate of drug-likeness (QED) is 0.724. The fraction of sp³-hybridized carbons (Fsp3) is 0.500. The molecular formula is C24H29FN6O2. The molecule has 0 saturated heterocycles. The van der Waals surface area contributed by atoms with Gasteiger partial charge in [-0.15, -0.1) is 0 Å².